The zero-order valence-corrected chi connectivity index (χ0v) is 16.2. The zero-order chi connectivity index (χ0) is 19.3. The summed E-state index contributed by atoms with van der Waals surface area (Å²) in [4.78, 5) is 27.4. The van der Waals surface area contributed by atoms with Crippen molar-refractivity contribution in [2.24, 2.45) is 5.41 Å². The monoisotopic (exact) mass is 364 g/mol. The van der Waals surface area contributed by atoms with E-state index in [0.29, 0.717) is 19.5 Å². The van der Waals surface area contributed by atoms with Crippen LogP contribution in [0.1, 0.15) is 36.5 Å². The molecule has 27 heavy (non-hydrogen) atoms. The Bertz CT molecular complexity index is 786. The maximum atomic E-state index is 12.8. The highest BCUT2D eigenvalue weighted by atomic mass is 16.2. The summed E-state index contributed by atoms with van der Waals surface area (Å²) in [5, 5.41) is 3.05. The maximum absolute atomic E-state index is 12.8. The minimum Gasteiger partial charge on any atom is -0.351 e. The first-order valence-corrected chi connectivity index (χ1v) is 9.62. The Balaban J connectivity index is 1.58. The third-order valence-electron chi connectivity index (χ3n) is 5.37. The second kappa shape index (κ2) is 8.38. The molecule has 2 aromatic rings. The van der Waals surface area contributed by atoms with Crippen LogP contribution in [-0.2, 0) is 22.6 Å². The van der Waals surface area contributed by atoms with Gasteiger partial charge in [-0.1, -0.05) is 60.2 Å². The van der Waals surface area contributed by atoms with Gasteiger partial charge in [0.2, 0.25) is 11.8 Å². The number of piperidine rings is 1. The molecule has 1 fully saturated rings. The predicted octanol–water partition coefficient (Wildman–Crippen LogP) is 3.48. The minimum absolute atomic E-state index is 0.0270. The quantitative estimate of drug-likeness (QED) is 0.883. The van der Waals surface area contributed by atoms with Gasteiger partial charge in [0.25, 0.3) is 0 Å². The zero-order valence-electron chi connectivity index (χ0n) is 16.2. The summed E-state index contributed by atoms with van der Waals surface area (Å²) in [6.45, 7) is 5.74. The third-order valence-corrected chi connectivity index (χ3v) is 5.37. The summed E-state index contributed by atoms with van der Waals surface area (Å²) < 4.78 is 0. The highest BCUT2D eigenvalue weighted by Crippen LogP contribution is 2.30. The molecule has 4 nitrogen and oxygen atoms in total. The van der Waals surface area contributed by atoms with Gasteiger partial charge in [0.15, 0.2) is 0 Å². The molecular formula is C23H28N2O2. The summed E-state index contributed by atoms with van der Waals surface area (Å²) in [7, 11) is 0. The Labute approximate surface area is 161 Å². The maximum Gasteiger partial charge on any atom is 0.227 e. The second-order valence-corrected chi connectivity index (χ2v) is 7.81. The van der Waals surface area contributed by atoms with Crippen molar-refractivity contribution in [2.45, 2.75) is 39.7 Å². The molecule has 1 N–H and O–H groups in total. The van der Waals surface area contributed by atoms with Crippen LogP contribution in [0.15, 0.2) is 54.6 Å². The van der Waals surface area contributed by atoms with Crippen molar-refractivity contribution in [3.63, 3.8) is 0 Å². The lowest BCUT2D eigenvalue weighted by atomic mass is 9.80. The lowest BCUT2D eigenvalue weighted by Gasteiger charge is -2.39. The van der Waals surface area contributed by atoms with E-state index >= 15 is 0 Å². The Hall–Kier alpha value is -2.62. The van der Waals surface area contributed by atoms with E-state index in [0.717, 1.165) is 30.5 Å². The number of hydrogen-bond acceptors (Lipinski definition) is 2. The molecule has 1 heterocycles. The average Bonchev–Trinajstić information content (AvgIpc) is 2.68. The fourth-order valence-corrected chi connectivity index (χ4v) is 3.62. The van der Waals surface area contributed by atoms with Gasteiger partial charge in [0.1, 0.15) is 0 Å². The number of hydrogen-bond donors (Lipinski definition) is 1. The molecule has 0 radical (unpaired) electrons. The van der Waals surface area contributed by atoms with Gasteiger partial charge in [-0.25, -0.2) is 0 Å². The SMILES string of the molecule is Cc1ccc(CC(=O)N2CCC[C@@](C)(C(=O)NCc3ccccc3)C2)cc1. The lowest BCUT2D eigenvalue weighted by Crippen LogP contribution is -2.52. The molecule has 0 aliphatic carbocycles. The Morgan fingerprint density at radius 1 is 1.04 bits per heavy atom. The summed E-state index contributed by atoms with van der Waals surface area (Å²) >= 11 is 0. The summed E-state index contributed by atoms with van der Waals surface area (Å²) in [6.07, 6.45) is 2.05. The van der Waals surface area contributed by atoms with Gasteiger partial charge in [-0.15, -0.1) is 0 Å². The molecule has 2 amide bonds. The van der Waals surface area contributed by atoms with E-state index in [-0.39, 0.29) is 11.8 Å². The number of amides is 2. The topological polar surface area (TPSA) is 49.4 Å². The van der Waals surface area contributed by atoms with E-state index in [1.165, 1.54) is 5.56 Å². The predicted molar refractivity (Wildman–Crippen MR) is 107 cm³/mol. The molecule has 142 valence electrons. The van der Waals surface area contributed by atoms with E-state index in [9.17, 15) is 9.59 Å². The standard InChI is InChI=1S/C23H28N2O2/c1-18-9-11-19(12-10-18)15-21(26)25-14-6-13-23(2,17-25)22(27)24-16-20-7-4-3-5-8-20/h3-5,7-12H,6,13-17H2,1-2H3,(H,24,27)/t23-/m1/s1. The van der Waals surface area contributed by atoms with Gasteiger partial charge in [-0.05, 0) is 37.8 Å². The average molecular weight is 364 g/mol. The van der Waals surface area contributed by atoms with Gasteiger partial charge in [0, 0.05) is 19.6 Å². The summed E-state index contributed by atoms with van der Waals surface area (Å²) in [6, 6.07) is 18.0. The molecular weight excluding hydrogens is 336 g/mol. The van der Waals surface area contributed by atoms with Crippen molar-refractivity contribution in [2.75, 3.05) is 13.1 Å². The van der Waals surface area contributed by atoms with Gasteiger partial charge in [-0.2, -0.15) is 0 Å². The van der Waals surface area contributed by atoms with Crippen LogP contribution in [0.2, 0.25) is 0 Å². The molecule has 3 rings (SSSR count). The highest BCUT2D eigenvalue weighted by molar-refractivity contribution is 5.84. The van der Waals surface area contributed by atoms with Crippen LogP contribution in [-0.4, -0.2) is 29.8 Å². The van der Waals surface area contributed by atoms with Crippen LogP contribution in [0, 0.1) is 12.3 Å². The van der Waals surface area contributed by atoms with Crippen LogP contribution < -0.4 is 5.32 Å². The summed E-state index contributed by atoms with van der Waals surface area (Å²) in [5.74, 6) is 0.125. The first-order valence-electron chi connectivity index (χ1n) is 9.62. The normalized spacial score (nSPS) is 19.6. The fourth-order valence-electron chi connectivity index (χ4n) is 3.62. The first-order chi connectivity index (χ1) is 13.0. The number of carbonyl (C=O) groups excluding carboxylic acids is 2. The van der Waals surface area contributed by atoms with Crippen LogP contribution in [0.4, 0.5) is 0 Å². The summed E-state index contributed by atoms with van der Waals surface area (Å²) in [5.41, 5.74) is 2.76. The smallest absolute Gasteiger partial charge is 0.227 e. The third kappa shape index (κ3) is 4.97. The molecule has 1 saturated heterocycles. The molecule has 2 aromatic carbocycles. The molecule has 1 aliphatic rings. The van der Waals surface area contributed by atoms with E-state index in [4.69, 9.17) is 0 Å². The fraction of sp³-hybridized carbons (Fsp3) is 0.391. The lowest BCUT2D eigenvalue weighted by molar-refractivity contribution is -0.140. The van der Waals surface area contributed by atoms with Crippen molar-refractivity contribution in [3.8, 4) is 0 Å². The molecule has 0 unspecified atom stereocenters. The first kappa shape index (κ1) is 19.2. The van der Waals surface area contributed by atoms with Crippen LogP contribution in [0.3, 0.4) is 0 Å². The molecule has 1 atom stereocenters. The molecule has 0 bridgehead atoms. The molecule has 1 aliphatic heterocycles. The van der Waals surface area contributed by atoms with Crippen LogP contribution in [0.25, 0.3) is 0 Å². The highest BCUT2D eigenvalue weighted by Gasteiger charge is 2.39. The van der Waals surface area contributed by atoms with Crippen molar-refractivity contribution >= 4 is 11.8 Å². The number of aryl methyl sites for hydroxylation is 1. The van der Waals surface area contributed by atoms with Crippen molar-refractivity contribution in [3.05, 3.63) is 71.3 Å². The second-order valence-electron chi connectivity index (χ2n) is 7.81. The van der Waals surface area contributed by atoms with Crippen molar-refractivity contribution in [1.29, 1.82) is 0 Å². The van der Waals surface area contributed by atoms with Gasteiger partial charge >= 0.3 is 0 Å². The minimum atomic E-state index is -0.532. The van der Waals surface area contributed by atoms with Crippen LogP contribution in [0.5, 0.6) is 0 Å². The van der Waals surface area contributed by atoms with E-state index in [1.54, 1.807) is 0 Å². The van der Waals surface area contributed by atoms with Crippen molar-refractivity contribution < 1.29 is 9.59 Å². The van der Waals surface area contributed by atoms with Gasteiger partial charge in [-0.3, -0.25) is 9.59 Å². The Morgan fingerprint density at radius 3 is 2.44 bits per heavy atom. The van der Waals surface area contributed by atoms with E-state index in [1.807, 2.05) is 73.3 Å². The number of benzene rings is 2. The van der Waals surface area contributed by atoms with E-state index < -0.39 is 5.41 Å². The Morgan fingerprint density at radius 2 is 1.74 bits per heavy atom. The number of carbonyl (C=O) groups is 2. The number of nitrogens with one attached hydrogen (secondary N) is 1. The van der Waals surface area contributed by atoms with Gasteiger partial charge < -0.3 is 10.2 Å². The van der Waals surface area contributed by atoms with Crippen LogP contribution >= 0.6 is 0 Å². The Kier molecular flexibility index (Phi) is 5.94. The molecule has 4 heteroatoms. The van der Waals surface area contributed by atoms with Gasteiger partial charge in [0.05, 0.1) is 11.8 Å². The number of rotatable bonds is 5. The number of nitrogens with zero attached hydrogens (tertiary/aromatic N) is 1. The van der Waals surface area contributed by atoms with Crippen molar-refractivity contribution in [1.82, 2.24) is 10.2 Å². The molecule has 0 saturated carbocycles. The largest absolute Gasteiger partial charge is 0.351 e. The molecule has 0 aromatic heterocycles. The molecule has 0 spiro atoms. The van der Waals surface area contributed by atoms with E-state index in [2.05, 4.69) is 5.32 Å². The number of likely N-dealkylation sites (tertiary alicyclic amines) is 1.